The molecule has 0 N–H and O–H groups in total. The van der Waals surface area contributed by atoms with Gasteiger partial charge < -0.3 is 0 Å². The monoisotopic (exact) mass is 208 g/mol. The first-order valence-electron chi connectivity index (χ1n) is 4.98. The highest BCUT2D eigenvalue weighted by atomic mass is 35.5. The second kappa shape index (κ2) is 9.73. The van der Waals surface area contributed by atoms with Crippen LogP contribution in [0.5, 0.6) is 0 Å². The van der Waals surface area contributed by atoms with Crippen molar-refractivity contribution in [1.29, 1.82) is 0 Å². The Morgan fingerprint density at radius 3 is 2.58 bits per heavy atom. The van der Waals surface area contributed by atoms with Crippen LogP contribution in [0.4, 0.5) is 0 Å². The van der Waals surface area contributed by atoms with Gasteiger partial charge in [0.25, 0.3) is 0 Å². The van der Waals surface area contributed by atoms with E-state index in [0.29, 0.717) is 0 Å². The van der Waals surface area contributed by atoms with Crippen molar-refractivity contribution in [2.45, 2.75) is 39.5 Å². The van der Waals surface area contributed by atoms with Gasteiger partial charge in [0.05, 0.1) is 0 Å². The van der Waals surface area contributed by atoms with Gasteiger partial charge in [-0.05, 0) is 18.1 Å². The molecule has 0 aliphatic carbocycles. The van der Waals surface area contributed by atoms with E-state index < -0.39 is 0 Å². The van der Waals surface area contributed by atoms with Crippen molar-refractivity contribution in [3.8, 4) is 0 Å². The highest BCUT2D eigenvalue weighted by Crippen LogP contribution is 2.18. The molecule has 0 aliphatic heterocycles. The zero-order valence-corrected chi connectivity index (χ0v) is 9.89. The van der Waals surface area contributed by atoms with Crippen LogP contribution >= 0.6 is 23.4 Å². The van der Waals surface area contributed by atoms with Crippen molar-refractivity contribution in [3.05, 3.63) is 0 Å². The standard InChI is InChI=1S/C10H21ClS/c1-3-5-6-10(4-2)9-12-8-7-11/h10H,3-9H2,1-2H3. The van der Waals surface area contributed by atoms with Crippen molar-refractivity contribution in [2.24, 2.45) is 5.92 Å². The molecule has 0 saturated heterocycles. The first kappa shape index (κ1) is 12.6. The lowest BCUT2D eigenvalue weighted by Gasteiger charge is -2.12. The van der Waals surface area contributed by atoms with Gasteiger partial charge in [-0.3, -0.25) is 0 Å². The lowest BCUT2D eigenvalue weighted by atomic mass is 10.0. The quantitative estimate of drug-likeness (QED) is 0.426. The maximum Gasteiger partial charge on any atom is 0.0314 e. The van der Waals surface area contributed by atoms with Gasteiger partial charge >= 0.3 is 0 Å². The Hall–Kier alpha value is 0.640. The van der Waals surface area contributed by atoms with Crippen LogP contribution in [0.15, 0.2) is 0 Å². The molecule has 0 aromatic heterocycles. The third-order valence-corrected chi connectivity index (χ3v) is 3.73. The Kier molecular flexibility index (Phi) is 10.2. The number of hydrogen-bond acceptors (Lipinski definition) is 1. The van der Waals surface area contributed by atoms with Crippen LogP contribution in [0, 0.1) is 5.92 Å². The molecule has 0 heterocycles. The summed E-state index contributed by atoms with van der Waals surface area (Å²) in [6.45, 7) is 4.56. The van der Waals surface area contributed by atoms with Gasteiger partial charge in [0.2, 0.25) is 0 Å². The summed E-state index contributed by atoms with van der Waals surface area (Å²) in [7, 11) is 0. The van der Waals surface area contributed by atoms with E-state index >= 15 is 0 Å². The number of halogens is 1. The van der Waals surface area contributed by atoms with Gasteiger partial charge in [-0.15, -0.1) is 11.6 Å². The maximum absolute atomic E-state index is 5.61. The second-order valence-corrected chi connectivity index (χ2v) is 4.71. The molecule has 0 aliphatic rings. The summed E-state index contributed by atoms with van der Waals surface area (Å²) in [5, 5.41) is 0. The van der Waals surface area contributed by atoms with E-state index in [0.717, 1.165) is 17.6 Å². The molecule has 0 fully saturated rings. The Morgan fingerprint density at radius 1 is 1.33 bits per heavy atom. The number of hydrogen-bond donors (Lipinski definition) is 0. The van der Waals surface area contributed by atoms with Crippen molar-refractivity contribution in [3.63, 3.8) is 0 Å². The zero-order valence-electron chi connectivity index (χ0n) is 8.31. The molecule has 1 unspecified atom stereocenters. The van der Waals surface area contributed by atoms with Crippen LogP contribution in [-0.2, 0) is 0 Å². The fourth-order valence-electron chi connectivity index (χ4n) is 1.20. The number of rotatable bonds is 8. The predicted octanol–water partition coefficient (Wildman–Crippen LogP) is 4.17. The van der Waals surface area contributed by atoms with E-state index in [2.05, 4.69) is 13.8 Å². The van der Waals surface area contributed by atoms with Gasteiger partial charge in [0.15, 0.2) is 0 Å². The highest BCUT2D eigenvalue weighted by molar-refractivity contribution is 7.99. The minimum Gasteiger partial charge on any atom is -0.160 e. The minimum absolute atomic E-state index is 0.800. The van der Waals surface area contributed by atoms with Crippen molar-refractivity contribution in [1.82, 2.24) is 0 Å². The normalized spacial score (nSPS) is 13.2. The van der Waals surface area contributed by atoms with Gasteiger partial charge in [-0.2, -0.15) is 11.8 Å². The second-order valence-electron chi connectivity index (χ2n) is 3.18. The lowest BCUT2D eigenvalue weighted by Crippen LogP contribution is -2.02. The Bertz CT molecular complexity index is 85.9. The van der Waals surface area contributed by atoms with E-state index in [1.807, 2.05) is 11.8 Å². The number of unbranched alkanes of at least 4 members (excludes halogenated alkanes) is 1. The maximum atomic E-state index is 5.61. The predicted molar refractivity (Wildman–Crippen MR) is 61.4 cm³/mol. The fraction of sp³-hybridized carbons (Fsp3) is 1.00. The van der Waals surface area contributed by atoms with E-state index in [9.17, 15) is 0 Å². The Balaban J connectivity index is 3.26. The molecule has 0 nitrogen and oxygen atoms in total. The molecular formula is C10H21ClS. The summed E-state index contributed by atoms with van der Waals surface area (Å²) in [6.07, 6.45) is 5.45. The average Bonchev–Trinajstić information content (AvgIpc) is 2.11. The molecule has 0 aromatic rings. The summed E-state index contributed by atoms with van der Waals surface area (Å²) >= 11 is 7.62. The van der Waals surface area contributed by atoms with Crippen LogP contribution in [0.2, 0.25) is 0 Å². The molecule has 0 aromatic carbocycles. The van der Waals surface area contributed by atoms with Gasteiger partial charge in [0, 0.05) is 11.6 Å². The van der Waals surface area contributed by atoms with E-state index in [4.69, 9.17) is 11.6 Å². The van der Waals surface area contributed by atoms with E-state index in [1.54, 1.807) is 0 Å². The van der Waals surface area contributed by atoms with Gasteiger partial charge in [0.1, 0.15) is 0 Å². The third kappa shape index (κ3) is 7.30. The van der Waals surface area contributed by atoms with Gasteiger partial charge in [-0.1, -0.05) is 33.1 Å². The van der Waals surface area contributed by atoms with Gasteiger partial charge in [-0.25, -0.2) is 0 Å². The lowest BCUT2D eigenvalue weighted by molar-refractivity contribution is 0.499. The Labute approximate surface area is 86.5 Å². The number of alkyl halides is 1. The largest absolute Gasteiger partial charge is 0.160 e. The zero-order chi connectivity index (χ0) is 9.23. The summed E-state index contributed by atoms with van der Waals surface area (Å²) in [6, 6.07) is 0. The number of thioether (sulfide) groups is 1. The van der Waals surface area contributed by atoms with Crippen molar-refractivity contribution >= 4 is 23.4 Å². The topological polar surface area (TPSA) is 0 Å². The summed E-state index contributed by atoms with van der Waals surface area (Å²) < 4.78 is 0. The molecule has 74 valence electrons. The Morgan fingerprint density at radius 2 is 2.08 bits per heavy atom. The van der Waals surface area contributed by atoms with Crippen molar-refractivity contribution in [2.75, 3.05) is 17.4 Å². The molecule has 0 saturated carbocycles. The SMILES string of the molecule is CCCCC(CC)CSCCCl. The van der Waals surface area contributed by atoms with Crippen LogP contribution < -0.4 is 0 Å². The smallest absolute Gasteiger partial charge is 0.0314 e. The van der Waals surface area contributed by atoms with Crippen molar-refractivity contribution < 1.29 is 0 Å². The van der Waals surface area contributed by atoms with E-state index in [-0.39, 0.29) is 0 Å². The summed E-state index contributed by atoms with van der Waals surface area (Å²) in [5.41, 5.74) is 0. The first-order valence-corrected chi connectivity index (χ1v) is 6.67. The minimum atomic E-state index is 0.800. The first-order chi connectivity index (χ1) is 5.85. The fourth-order valence-corrected chi connectivity index (χ4v) is 2.54. The summed E-state index contributed by atoms with van der Waals surface area (Å²) in [4.78, 5) is 0. The van der Waals surface area contributed by atoms with Crippen LogP contribution in [0.1, 0.15) is 39.5 Å². The molecule has 1 atom stereocenters. The molecule has 0 spiro atoms. The molecule has 2 heteroatoms. The molecule has 0 rings (SSSR count). The van der Waals surface area contributed by atoms with Crippen LogP contribution in [0.25, 0.3) is 0 Å². The molecule has 12 heavy (non-hydrogen) atoms. The highest BCUT2D eigenvalue weighted by Gasteiger charge is 2.04. The van der Waals surface area contributed by atoms with E-state index in [1.165, 1.54) is 31.4 Å². The summed E-state index contributed by atoms with van der Waals surface area (Å²) in [5.74, 6) is 4.15. The van der Waals surface area contributed by atoms with Crippen LogP contribution in [-0.4, -0.2) is 17.4 Å². The third-order valence-electron chi connectivity index (χ3n) is 2.12. The molecule has 0 radical (unpaired) electrons. The molecular weight excluding hydrogens is 188 g/mol. The average molecular weight is 209 g/mol. The molecule has 0 amide bonds. The van der Waals surface area contributed by atoms with Crippen LogP contribution in [0.3, 0.4) is 0 Å². The molecule has 0 bridgehead atoms.